The average molecular weight is 263 g/mol. The van der Waals surface area contributed by atoms with Gasteiger partial charge in [0.2, 0.25) is 0 Å². The highest BCUT2D eigenvalue weighted by molar-refractivity contribution is 5.36. The molecule has 0 spiro atoms. The maximum absolute atomic E-state index is 4.27. The van der Waals surface area contributed by atoms with E-state index >= 15 is 0 Å². The molecule has 0 radical (unpaired) electrons. The SMILES string of the molecule is Cc1ccc(C)c(Cc2nncn2-c2ccccc2)c1. The summed E-state index contributed by atoms with van der Waals surface area (Å²) in [5.74, 6) is 0.963. The number of hydrogen-bond donors (Lipinski definition) is 0. The molecule has 0 fully saturated rings. The Morgan fingerprint density at radius 1 is 1.00 bits per heavy atom. The molecule has 0 unspecified atom stereocenters. The van der Waals surface area contributed by atoms with Crippen molar-refractivity contribution in [2.45, 2.75) is 20.3 Å². The lowest BCUT2D eigenvalue weighted by atomic mass is 10.0. The predicted molar refractivity (Wildman–Crippen MR) is 80.1 cm³/mol. The number of aromatic nitrogens is 3. The van der Waals surface area contributed by atoms with E-state index in [4.69, 9.17) is 0 Å². The Labute approximate surface area is 118 Å². The van der Waals surface area contributed by atoms with Crippen LogP contribution in [0.15, 0.2) is 54.9 Å². The Morgan fingerprint density at radius 3 is 2.60 bits per heavy atom. The van der Waals surface area contributed by atoms with Crippen molar-refractivity contribution >= 4 is 0 Å². The van der Waals surface area contributed by atoms with Crippen LogP contribution >= 0.6 is 0 Å². The second kappa shape index (κ2) is 5.29. The van der Waals surface area contributed by atoms with Gasteiger partial charge < -0.3 is 0 Å². The maximum atomic E-state index is 4.27. The Kier molecular flexibility index (Phi) is 3.33. The highest BCUT2D eigenvalue weighted by Crippen LogP contribution is 2.17. The van der Waals surface area contributed by atoms with Gasteiger partial charge in [-0.15, -0.1) is 10.2 Å². The van der Waals surface area contributed by atoms with Crippen LogP contribution in [0.4, 0.5) is 0 Å². The van der Waals surface area contributed by atoms with Crippen molar-refractivity contribution < 1.29 is 0 Å². The molecule has 0 amide bonds. The zero-order valence-electron chi connectivity index (χ0n) is 11.7. The Hall–Kier alpha value is -2.42. The van der Waals surface area contributed by atoms with Crippen LogP contribution in [0.2, 0.25) is 0 Å². The minimum Gasteiger partial charge on any atom is -0.285 e. The van der Waals surface area contributed by atoms with Crippen LogP contribution in [0, 0.1) is 13.8 Å². The standard InChI is InChI=1S/C17H17N3/c1-13-8-9-14(2)15(10-13)11-17-19-18-12-20(17)16-6-4-3-5-7-16/h3-10,12H,11H2,1-2H3. The first-order valence-electron chi connectivity index (χ1n) is 6.74. The van der Waals surface area contributed by atoms with E-state index < -0.39 is 0 Å². The van der Waals surface area contributed by atoms with Gasteiger partial charge >= 0.3 is 0 Å². The molecule has 1 aromatic heterocycles. The van der Waals surface area contributed by atoms with Crippen molar-refractivity contribution in [3.8, 4) is 5.69 Å². The van der Waals surface area contributed by atoms with Crippen molar-refractivity contribution in [1.29, 1.82) is 0 Å². The smallest absolute Gasteiger partial charge is 0.141 e. The number of rotatable bonds is 3. The summed E-state index contributed by atoms with van der Waals surface area (Å²) >= 11 is 0. The molecule has 2 aromatic carbocycles. The minimum atomic E-state index is 0.794. The molecule has 0 N–H and O–H groups in total. The normalized spacial score (nSPS) is 10.7. The van der Waals surface area contributed by atoms with Gasteiger partial charge in [0.15, 0.2) is 0 Å². The fraction of sp³-hybridized carbons (Fsp3) is 0.176. The quantitative estimate of drug-likeness (QED) is 0.724. The third-order valence-electron chi connectivity index (χ3n) is 3.51. The average Bonchev–Trinajstić information content (AvgIpc) is 2.92. The molecule has 1 heterocycles. The van der Waals surface area contributed by atoms with E-state index in [1.807, 2.05) is 22.8 Å². The summed E-state index contributed by atoms with van der Waals surface area (Å²) in [7, 11) is 0. The summed E-state index contributed by atoms with van der Waals surface area (Å²) in [6.45, 7) is 4.25. The van der Waals surface area contributed by atoms with E-state index in [2.05, 4.69) is 54.4 Å². The van der Waals surface area contributed by atoms with Crippen molar-refractivity contribution in [3.05, 3.63) is 77.4 Å². The first-order valence-corrected chi connectivity index (χ1v) is 6.74. The zero-order chi connectivity index (χ0) is 13.9. The molecule has 0 saturated heterocycles. The van der Waals surface area contributed by atoms with Crippen molar-refractivity contribution in [1.82, 2.24) is 14.8 Å². The molecule has 0 aliphatic rings. The van der Waals surface area contributed by atoms with E-state index in [0.29, 0.717) is 0 Å². The van der Waals surface area contributed by atoms with Gasteiger partial charge in [0.05, 0.1) is 0 Å². The number of benzene rings is 2. The van der Waals surface area contributed by atoms with Crippen LogP contribution in [0.25, 0.3) is 5.69 Å². The zero-order valence-corrected chi connectivity index (χ0v) is 11.7. The van der Waals surface area contributed by atoms with Crippen LogP contribution in [0.5, 0.6) is 0 Å². The molecule has 20 heavy (non-hydrogen) atoms. The molecule has 0 atom stereocenters. The molecule has 100 valence electrons. The molecule has 0 saturated carbocycles. The Bertz CT molecular complexity index is 714. The van der Waals surface area contributed by atoms with Gasteiger partial charge in [-0.2, -0.15) is 0 Å². The summed E-state index contributed by atoms with van der Waals surface area (Å²) in [4.78, 5) is 0. The second-order valence-electron chi connectivity index (χ2n) is 5.06. The van der Waals surface area contributed by atoms with E-state index in [9.17, 15) is 0 Å². The monoisotopic (exact) mass is 263 g/mol. The van der Waals surface area contributed by atoms with Crippen LogP contribution in [0.1, 0.15) is 22.5 Å². The molecule has 3 nitrogen and oxygen atoms in total. The highest BCUT2D eigenvalue weighted by atomic mass is 15.3. The summed E-state index contributed by atoms with van der Waals surface area (Å²) in [5, 5.41) is 8.33. The van der Waals surface area contributed by atoms with Crippen LogP contribution in [-0.4, -0.2) is 14.8 Å². The minimum absolute atomic E-state index is 0.794. The first kappa shape index (κ1) is 12.6. The van der Waals surface area contributed by atoms with Gasteiger partial charge in [0.25, 0.3) is 0 Å². The summed E-state index contributed by atoms with van der Waals surface area (Å²) in [6, 6.07) is 16.7. The molecular weight excluding hydrogens is 246 g/mol. The number of aryl methyl sites for hydroxylation is 2. The third kappa shape index (κ3) is 2.48. The highest BCUT2D eigenvalue weighted by Gasteiger charge is 2.08. The Balaban J connectivity index is 1.97. The second-order valence-corrected chi connectivity index (χ2v) is 5.06. The lowest BCUT2D eigenvalue weighted by Gasteiger charge is -2.09. The fourth-order valence-corrected chi connectivity index (χ4v) is 2.34. The molecule has 3 rings (SSSR count). The van der Waals surface area contributed by atoms with Crippen LogP contribution in [0.3, 0.4) is 0 Å². The molecule has 0 bridgehead atoms. The summed E-state index contributed by atoms with van der Waals surface area (Å²) in [5.41, 5.74) is 4.96. The van der Waals surface area contributed by atoms with E-state index in [1.165, 1.54) is 16.7 Å². The number of nitrogens with zero attached hydrogens (tertiary/aromatic N) is 3. The summed E-state index contributed by atoms with van der Waals surface area (Å²) in [6.07, 6.45) is 2.57. The van der Waals surface area contributed by atoms with Gasteiger partial charge in [-0.25, -0.2) is 0 Å². The number of para-hydroxylation sites is 1. The molecule has 3 aromatic rings. The largest absolute Gasteiger partial charge is 0.285 e. The van der Waals surface area contributed by atoms with E-state index in [0.717, 1.165) is 17.9 Å². The molecule has 0 aliphatic heterocycles. The van der Waals surface area contributed by atoms with E-state index in [-0.39, 0.29) is 0 Å². The topological polar surface area (TPSA) is 30.7 Å². The van der Waals surface area contributed by atoms with Gasteiger partial charge in [0, 0.05) is 12.1 Å². The number of hydrogen-bond acceptors (Lipinski definition) is 2. The van der Waals surface area contributed by atoms with Gasteiger partial charge in [-0.3, -0.25) is 4.57 Å². The van der Waals surface area contributed by atoms with Crippen molar-refractivity contribution in [2.24, 2.45) is 0 Å². The summed E-state index contributed by atoms with van der Waals surface area (Å²) < 4.78 is 2.04. The van der Waals surface area contributed by atoms with Crippen molar-refractivity contribution in [3.63, 3.8) is 0 Å². The van der Waals surface area contributed by atoms with Crippen LogP contribution in [-0.2, 0) is 6.42 Å². The van der Waals surface area contributed by atoms with Gasteiger partial charge in [0.1, 0.15) is 12.2 Å². The Morgan fingerprint density at radius 2 is 1.80 bits per heavy atom. The van der Waals surface area contributed by atoms with Gasteiger partial charge in [-0.1, -0.05) is 42.0 Å². The van der Waals surface area contributed by atoms with E-state index in [1.54, 1.807) is 6.33 Å². The maximum Gasteiger partial charge on any atom is 0.141 e. The lowest BCUT2D eigenvalue weighted by Crippen LogP contribution is -2.02. The predicted octanol–water partition coefficient (Wildman–Crippen LogP) is 3.47. The molecular formula is C17H17N3. The van der Waals surface area contributed by atoms with Gasteiger partial charge in [-0.05, 0) is 37.1 Å². The molecule has 3 heteroatoms. The fourth-order valence-electron chi connectivity index (χ4n) is 2.34. The molecule has 0 aliphatic carbocycles. The third-order valence-corrected chi connectivity index (χ3v) is 3.51. The van der Waals surface area contributed by atoms with Crippen molar-refractivity contribution in [2.75, 3.05) is 0 Å². The van der Waals surface area contributed by atoms with Crippen LogP contribution < -0.4 is 0 Å². The first-order chi connectivity index (χ1) is 9.74. The lowest BCUT2D eigenvalue weighted by molar-refractivity contribution is 0.900.